The second kappa shape index (κ2) is 5.20. The number of hydrogen-bond acceptors (Lipinski definition) is 4. The van der Waals surface area contributed by atoms with E-state index in [1.54, 1.807) is 0 Å². The molecule has 1 unspecified atom stereocenters. The number of aromatic nitrogens is 2. The van der Waals surface area contributed by atoms with E-state index in [4.69, 9.17) is 33.0 Å². The third-order valence-corrected chi connectivity index (χ3v) is 2.95. The van der Waals surface area contributed by atoms with Crippen molar-refractivity contribution >= 4 is 35.6 Å². The van der Waals surface area contributed by atoms with Gasteiger partial charge in [0, 0.05) is 6.42 Å². The first kappa shape index (κ1) is 15.0. The number of nitrogens with zero attached hydrogens (tertiary/aromatic N) is 2. The quantitative estimate of drug-likeness (QED) is 0.576. The van der Waals surface area contributed by atoms with Crippen molar-refractivity contribution in [2.45, 2.75) is 37.2 Å². The van der Waals surface area contributed by atoms with Crippen LogP contribution in [0.4, 0.5) is 5.69 Å². The lowest BCUT2D eigenvalue weighted by atomic mass is 9.49. The van der Waals surface area contributed by atoms with Gasteiger partial charge >= 0.3 is 0 Å². The molecule has 0 spiro atoms. The number of hydrogen-bond donors (Lipinski definition) is 1. The van der Waals surface area contributed by atoms with Gasteiger partial charge in [-0.15, -0.1) is 5.10 Å². The SMILES string of the molecule is [B]C([B])([B])n1cc(NC=O)c(OC2COC(C)(C)C2)n1. The highest BCUT2D eigenvalue weighted by atomic mass is 16.6. The van der Waals surface area contributed by atoms with Crippen LogP contribution in [0.2, 0.25) is 0 Å². The van der Waals surface area contributed by atoms with E-state index in [0.717, 1.165) is 4.68 Å². The molecule has 20 heavy (non-hydrogen) atoms. The summed E-state index contributed by atoms with van der Waals surface area (Å²) in [6, 6.07) is 0. The number of anilines is 1. The van der Waals surface area contributed by atoms with E-state index in [1.165, 1.54) is 6.20 Å². The molecule has 9 heteroatoms. The van der Waals surface area contributed by atoms with Crippen LogP contribution in [0, 0.1) is 0 Å². The van der Waals surface area contributed by atoms with Crippen molar-refractivity contribution in [3.05, 3.63) is 6.20 Å². The van der Waals surface area contributed by atoms with Crippen molar-refractivity contribution in [2.24, 2.45) is 0 Å². The van der Waals surface area contributed by atoms with Crippen molar-refractivity contribution < 1.29 is 14.3 Å². The fraction of sp³-hybridized carbons (Fsp3) is 0.636. The highest BCUT2D eigenvalue weighted by Gasteiger charge is 2.34. The minimum atomic E-state index is -1.67. The molecule has 6 nitrogen and oxygen atoms in total. The molecule has 1 fully saturated rings. The van der Waals surface area contributed by atoms with Gasteiger partial charge in [-0.2, -0.15) is 0 Å². The van der Waals surface area contributed by atoms with E-state index >= 15 is 0 Å². The first-order chi connectivity index (χ1) is 9.21. The van der Waals surface area contributed by atoms with Crippen molar-refractivity contribution in [1.29, 1.82) is 0 Å². The lowest BCUT2D eigenvalue weighted by molar-refractivity contribution is -0.105. The fourth-order valence-electron chi connectivity index (χ4n) is 2.02. The summed E-state index contributed by atoms with van der Waals surface area (Å²) in [5, 5.41) is 4.85. The number of nitrogens with one attached hydrogen (secondary N) is 1. The Bertz CT molecular complexity index is 499. The molecule has 0 saturated carbocycles. The molecule has 2 rings (SSSR count). The van der Waals surface area contributed by atoms with E-state index in [9.17, 15) is 4.79 Å². The van der Waals surface area contributed by atoms with Gasteiger partial charge in [-0.1, -0.05) is 0 Å². The molecule has 1 atom stereocenters. The van der Waals surface area contributed by atoms with Crippen LogP contribution < -0.4 is 10.1 Å². The van der Waals surface area contributed by atoms with Crippen LogP contribution in [0.5, 0.6) is 5.88 Å². The summed E-state index contributed by atoms with van der Waals surface area (Å²) >= 11 is 0. The molecule has 0 aromatic carbocycles. The molecule has 6 radical (unpaired) electrons. The van der Waals surface area contributed by atoms with Crippen molar-refractivity contribution in [2.75, 3.05) is 11.9 Å². The molecule has 1 aromatic heterocycles. The van der Waals surface area contributed by atoms with Crippen LogP contribution >= 0.6 is 0 Å². The van der Waals surface area contributed by atoms with E-state index in [1.807, 2.05) is 13.8 Å². The summed E-state index contributed by atoms with van der Waals surface area (Å²) in [5.41, 5.74) is 0.0978. The fourth-order valence-corrected chi connectivity index (χ4v) is 2.02. The Morgan fingerprint density at radius 2 is 2.30 bits per heavy atom. The number of carbonyl (C=O) groups excluding carboxylic acids is 1. The summed E-state index contributed by atoms with van der Waals surface area (Å²) in [7, 11) is 16.6. The molecular weight excluding hydrogens is 255 g/mol. The van der Waals surface area contributed by atoms with Crippen molar-refractivity contribution in [3.63, 3.8) is 0 Å². The van der Waals surface area contributed by atoms with Crippen LogP contribution in [0.1, 0.15) is 20.3 Å². The highest BCUT2D eigenvalue weighted by Crippen LogP contribution is 2.30. The molecule has 1 aromatic rings. The Morgan fingerprint density at radius 1 is 1.60 bits per heavy atom. The van der Waals surface area contributed by atoms with E-state index < -0.39 is 5.24 Å². The van der Waals surface area contributed by atoms with Crippen LogP contribution in [0.25, 0.3) is 0 Å². The summed E-state index contributed by atoms with van der Waals surface area (Å²) in [5.74, 6) is 0.203. The van der Waals surface area contributed by atoms with Crippen LogP contribution in [-0.4, -0.2) is 58.0 Å². The van der Waals surface area contributed by atoms with Gasteiger partial charge in [0.05, 0.1) is 41.9 Å². The number of rotatable bonds is 5. The maximum absolute atomic E-state index is 10.6. The van der Waals surface area contributed by atoms with E-state index in [-0.39, 0.29) is 17.6 Å². The molecule has 1 amide bonds. The number of ether oxygens (including phenoxy) is 2. The minimum absolute atomic E-state index is 0.164. The van der Waals surface area contributed by atoms with Gasteiger partial charge < -0.3 is 14.8 Å². The molecule has 1 N–H and O–H groups in total. The molecule has 1 aliphatic heterocycles. The highest BCUT2D eigenvalue weighted by molar-refractivity contribution is 6.56. The summed E-state index contributed by atoms with van der Waals surface area (Å²) < 4.78 is 12.4. The first-order valence-corrected chi connectivity index (χ1v) is 6.19. The van der Waals surface area contributed by atoms with E-state index in [0.29, 0.717) is 25.1 Å². The lowest BCUT2D eigenvalue weighted by Crippen LogP contribution is -2.35. The largest absolute Gasteiger partial charge is 0.469 e. The summed E-state index contributed by atoms with van der Waals surface area (Å²) in [6.07, 6.45) is 2.46. The zero-order valence-corrected chi connectivity index (χ0v) is 11.5. The first-order valence-electron chi connectivity index (χ1n) is 6.19. The van der Waals surface area contributed by atoms with Crippen molar-refractivity contribution in [3.8, 4) is 5.88 Å². The average Bonchev–Trinajstić information content (AvgIpc) is 2.84. The van der Waals surface area contributed by atoms with Gasteiger partial charge in [-0.25, -0.2) is 0 Å². The molecule has 2 heterocycles. The van der Waals surface area contributed by atoms with Crippen LogP contribution in [0.15, 0.2) is 6.20 Å². The van der Waals surface area contributed by atoms with Gasteiger partial charge in [-0.3, -0.25) is 9.48 Å². The molecule has 0 aliphatic carbocycles. The predicted molar refractivity (Wildman–Crippen MR) is 76.2 cm³/mol. The van der Waals surface area contributed by atoms with Crippen LogP contribution in [0.3, 0.4) is 0 Å². The molecular formula is C11H14B3N3O3. The predicted octanol–water partition coefficient (Wildman–Crippen LogP) is -0.529. The average molecular weight is 269 g/mol. The summed E-state index contributed by atoms with van der Waals surface area (Å²) in [6.45, 7) is 4.40. The normalized spacial score (nSPS) is 21.6. The van der Waals surface area contributed by atoms with Gasteiger partial charge in [0.2, 0.25) is 6.41 Å². The van der Waals surface area contributed by atoms with Gasteiger partial charge in [0.1, 0.15) is 11.8 Å². The second-order valence-corrected chi connectivity index (χ2v) is 5.46. The van der Waals surface area contributed by atoms with Gasteiger partial charge in [0.25, 0.3) is 5.88 Å². The van der Waals surface area contributed by atoms with Gasteiger partial charge in [-0.05, 0) is 19.1 Å². The van der Waals surface area contributed by atoms with Gasteiger partial charge in [0.15, 0.2) is 0 Å². The molecule has 1 aliphatic rings. The topological polar surface area (TPSA) is 65.4 Å². The molecule has 100 valence electrons. The zero-order chi connectivity index (χ0) is 15.0. The Labute approximate surface area is 121 Å². The number of amides is 1. The third kappa shape index (κ3) is 3.39. The maximum Gasteiger partial charge on any atom is 0.257 e. The van der Waals surface area contributed by atoms with Crippen molar-refractivity contribution in [1.82, 2.24) is 9.78 Å². The maximum atomic E-state index is 10.6. The Balaban J connectivity index is 2.18. The lowest BCUT2D eigenvalue weighted by Gasteiger charge is -2.20. The zero-order valence-electron chi connectivity index (χ0n) is 11.5. The minimum Gasteiger partial charge on any atom is -0.469 e. The Morgan fingerprint density at radius 3 is 2.80 bits per heavy atom. The second-order valence-electron chi connectivity index (χ2n) is 5.46. The Kier molecular flexibility index (Phi) is 3.91. The monoisotopic (exact) mass is 269 g/mol. The third-order valence-electron chi connectivity index (χ3n) is 2.95. The van der Waals surface area contributed by atoms with E-state index in [2.05, 4.69) is 10.4 Å². The molecule has 0 bridgehead atoms. The smallest absolute Gasteiger partial charge is 0.257 e. The van der Waals surface area contributed by atoms with Crippen LogP contribution in [-0.2, 0) is 14.8 Å². The number of carbonyl (C=O) groups is 1. The standard InChI is InChI=1S/C11H14B3N3O3/c1-10(2)3-7(5-19-10)20-9-8(15-6-18)4-17(16-9)11(12,13)14/h4,6-7H,3,5H2,1-2H3,(H,15,18). The molecule has 1 saturated heterocycles. The summed E-state index contributed by atoms with van der Waals surface area (Å²) in [4.78, 5) is 10.6. The Hall–Kier alpha value is -1.37.